The van der Waals surface area contributed by atoms with Crippen LogP contribution in [0.3, 0.4) is 0 Å². The van der Waals surface area contributed by atoms with Crippen LogP contribution < -0.4 is 10.6 Å². The van der Waals surface area contributed by atoms with Gasteiger partial charge in [0.25, 0.3) is 0 Å². The summed E-state index contributed by atoms with van der Waals surface area (Å²) in [6.45, 7) is 4.81. The molecular weight excluding hydrogens is 382 g/mol. The molecule has 0 bridgehead atoms. The molecule has 1 aromatic rings. The molecule has 1 heterocycles. The number of piperazine rings is 1. The van der Waals surface area contributed by atoms with E-state index in [2.05, 4.69) is 53.5 Å². The van der Waals surface area contributed by atoms with Gasteiger partial charge in [-0.2, -0.15) is 0 Å². The van der Waals surface area contributed by atoms with Gasteiger partial charge in [-0.15, -0.1) is 0 Å². The fourth-order valence-corrected chi connectivity index (χ4v) is 3.20. The molecular formula is C18H26BrN5O. The second kappa shape index (κ2) is 8.67. The van der Waals surface area contributed by atoms with E-state index in [0.717, 1.165) is 56.0 Å². The number of hydrogen-bond donors (Lipinski definition) is 2. The number of guanidine groups is 1. The van der Waals surface area contributed by atoms with Crippen molar-refractivity contribution in [2.45, 2.75) is 25.4 Å². The summed E-state index contributed by atoms with van der Waals surface area (Å²) in [7, 11) is 1.82. The monoisotopic (exact) mass is 407 g/mol. The third-order valence-electron chi connectivity index (χ3n) is 4.56. The Kier molecular flexibility index (Phi) is 6.31. The lowest BCUT2D eigenvalue weighted by atomic mass is 10.2. The van der Waals surface area contributed by atoms with Crippen molar-refractivity contribution >= 4 is 27.8 Å². The van der Waals surface area contributed by atoms with Crippen LogP contribution in [0.1, 0.15) is 18.4 Å². The number of carbonyl (C=O) groups excluding carboxylic acids is 1. The molecule has 1 saturated heterocycles. The van der Waals surface area contributed by atoms with Crippen LogP contribution in [0, 0.1) is 0 Å². The first kappa shape index (κ1) is 18.2. The SMILES string of the molecule is CN=C(NCc1ccc(Br)cc1)N1CCN(CC(=O)NC2CC2)CC1. The van der Waals surface area contributed by atoms with Crippen molar-refractivity contribution in [3.8, 4) is 0 Å². The summed E-state index contributed by atoms with van der Waals surface area (Å²) in [5.41, 5.74) is 1.22. The Morgan fingerprint density at radius 1 is 1.20 bits per heavy atom. The minimum atomic E-state index is 0.161. The van der Waals surface area contributed by atoms with Gasteiger partial charge in [0, 0.05) is 50.3 Å². The number of nitrogens with zero attached hydrogens (tertiary/aromatic N) is 3. The first-order chi connectivity index (χ1) is 12.1. The molecule has 1 aliphatic carbocycles. The summed E-state index contributed by atoms with van der Waals surface area (Å²) in [6, 6.07) is 8.73. The Balaban J connectivity index is 1.42. The normalized spacial score (nSPS) is 19.0. The van der Waals surface area contributed by atoms with Gasteiger partial charge in [-0.25, -0.2) is 0 Å². The molecule has 3 rings (SSSR count). The van der Waals surface area contributed by atoms with Crippen molar-refractivity contribution in [3.63, 3.8) is 0 Å². The van der Waals surface area contributed by atoms with Gasteiger partial charge in [0.15, 0.2) is 5.96 Å². The topological polar surface area (TPSA) is 60.0 Å². The highest BCUT2D eigenvalue weighted by atomic mass is 79.9. The maximum Gasteiger partial charge on any atom is 0.234 e. The molecule has 0 radical (unpaired) electrons. The summed E-state index contributed by atoms with van der Waals surface area (Å²) in [4.78, 5) is 20.8. The van der Waals surface area contributed by atoms with Gasteiger partial charge >= 0.3 is 0 Å². The van der Waals surface area contributed by atoms with E-state index in [1.165, 1.54) is 5.56 Å². The molecule has 0 unspecified atom stereocenters. The largest absolute Gasteiger partial charge is 0.352 e. The quantitative estimate of drug-likeness (QED) is 0.572. The highest BCUT2D eigenvalue weighted by Crippen LogP contribution is 2.18. The highest BCUT2D eigenvalue weighted by molar-refractivity contribution is 9.10. The van der Waals surface area contributed by atoms with E-state index in [-0.39, 0.29) is 5.91 Å². The van der Waals surface area contributed by atoms with Gasteiger partial charge in [-0.3, -0.25) is 14.7 Å². The molecule has 1 aliphatic heterocycles. The van der Waals surface area contributed by atoms with Crippen LogP contribution in [-0.4, -0.2) is 67.5 Å². The molecule has 7 heteroatoms. The molecule has 136 valence electrons. The Hall–Kier alpha value is -1.60. The molecule has 25 heavy (non-hydrogen) atoms. The molecule has 2 aliphatic rings. The van der Waals surface area contributed by atoms with Gasteiger partial charge < -0.3 is 15.5 Å². The summed E-state index contributed by atoms with van der Waals surface area (Å²) >= 11 is 3.46. The first-order valence-electron chi connectivity index (χ1n) is 8.86. The number of amides is 1. The van der Waals surface area contributed by atoms with Crippen molar-refractivity contribution in [3.05, 3.63) is 34.3 Å². The van der Waals surface area contributed by atoms with E-state index in [4.69, 9.17) is 0 Å². The lowest BCUT2D eigenvalue weighted by molar-refractivity contribution is -0.122. The third-order valence-corrected chi connectivity index (χ3v) is 5.09. The van der Waals surface area contributed by atoms with Crippen LogP contribution in [0.2, 0.25) is 0 Å². The maximum atomic E-state index is 11.9. The summed E-state index contributed by atoms with van der Waals surface area (Å²) < 4.78 is 1.09. The molecule has 1 aromatic carbocycles. The predicted octanol–water partition coefficient (Wildman–Crippen LogP) is 1.42. The van der Waals surface area contributed by atoms with Gasteiger partial charge in [0.1, 0.15) is 0 Å². The Morgan fingerprint density at radius 2 is 1.88 bits per heavy atom. The maximum absolute atomic E-state index is 11.9. The van der Waals surface area contributed by atoms with Crippen LogP contribution >= 0.6 is 15.9 Å². The van der Waals surface area contributed by atoms with Crippen molar-refractivity contribution < 1.29 is 4.79 Å². The molecule has 1 saturated carbocycles. The Labute approximate surface area is 157 Å². The van der Waals surface area contributed by atoms with E-state index in [1.807, 2.05) is 19.2 Å². The number of benzene rings is 1. The number of aliphatic imine (C=N–C) groups is 1. The Morgan fingerprint density at radius 3 is 2.48 bits per heavy atom. The summed E-state index contributed by atoms with van der Waals surface area (Å²) in [5, 5.41) is 6.48. The second-order valence-electron chi connectivity index (χ2n) is 6.63. The molecule has 0 atom stereocenters. The smallest absolute Gasteiger partial charge is 0.234 e. The molecule has 1 amide bonds. The lowest BCUT2D eigenvalue weighted by Gasteiger charge is -2.36. The van der Waals surface area contributed by atoms with E-state index in [0.29, 0.717) is 12.6 Å². The Bertz CT molecular complexity index is 606. The minimum absolute atomic E-state index is 0.161. The summed E-state index contributed by atoms with van der Waals surface area (Å²) in [6.07, 6.45) is 2.28. The number of rotatable bonds is 5. The lowest BCUT2D eigenvalue weighted by Crippen LogP contribution is -2.54. The van der Waals surface area contributed by atoms with Crippen LogP contribution in [0.4, 0.5) is 0 Å². The fourth-order valence-electron chi connectivity index (χ4n) is 2.94. The van der Waals surface area contributed by atoms with Gasteiger partial charge in [0.2, 0.25) is 5.91 Å². The van der Waals surface area contributed by atoms with Crippen molar-refractivity contribution in [1.82, 2.24) is 20.4 Å². The minimum Gasteiger partial charge on any atom is -0.352 e. The van der Waals surface area contributed by atoms with Crippen molar-refractivity contribution in [2.75, 3.05) is 39.8 Å². The zero-order valence-electron chi connectivity index (χ0n) is 14.7. The van der Waals surface area contributed by atoms with Gasteiger partial charge in [-0.05, 0) is 30.5 Å². The standard InChI is InChI=1S/C18H26BrN5O/c1-20-18(21-12-14-2-4-15(19)5-3-14)24-10-8-23(9-11-24)13-17(25)22-16-6-7-16/h2-5,16H,6-13H2,1H3,(H,20,21)(H,22,25). The van der Waals surface area contributed by atoms with E-state index >= 15 is 0 Å². The molecule has 0 spiro atoms. The third kappa shape index (κ3) is 5.71. The van der Waals surface area contributed by atoms with Crippen molar-refractivity contribution in [1.29, 1.82) is 0 Å². The number of nitrogens with one attached hydrogen (secondary N) is 2. The molecule has 2 N–H and O–H groups in total. The highest BCUT2D eigenvalue weighted by Gasteiger charge is 2.25. The number of carbonyl (C=O) groups is 1. The average molecular weight is 408 g/mol. The van der Waals surface area contributed by atoms with E-state index in [1.54, 1.807) is 0 Å². The van der Waals surface area contributed by atoms with Gasteiger partial charge in [0.05, 0.1) is 6.54 Å². The zero-order chi connectivity index (χ0) is 17.6. The van der Waals surface area contributed by atoms with Crippen LogP contribution in [0.5, 0.6) is 0 Å². The average Bonchev–Trinajstić information content (AvgIpc) is 3.42. The van der Waals surface area contributed by atoms with E-state index < -0.39 is 0 Å². The van der Waals surface area contributed by atoms with Crippen LogP contribution in [0.25, 0.3) is 0 Å². The first-order valence-corrected chi connectivity index (χ1v) is 9.65. The number of hydrogen-bond acceptors (Lipinski definition) is 3. The predicted molar refractivity (Wildman–Crippen MR) is 104 cm³/mol. The van der Waals surface area contributed by atoms with E-state index in [9.17, 15) is 4.79 Å². The van der Waals surface area contributed by atoms with Crippen LogP contribution in [0.15, 0.2) is 33.7 Å². The van der Waals surface area contributed by atoms with Gasteiger partial charge in [-0.1, -0.05) is 28.1 Å². The fraction of sp³-hybridized carbons (Fsp3) is 0.556. The number of halogens is 1. The summed E-state index contributed by atoms with van der Waals surface area (Å²) in [5.74, 6) is 1.08. The molecule has 2 fully saturated rings. The zero-order valence-corrected chi connectivity index (χ0v) is 16.3. The molecule has 0 aromatic heterocycles. The van der Waals surface area contributed by atoms with Crippen molar-refractivity contribution in [2.24, 2.45) is 4.99 Å². The second-order valence-corrected chi connectivity index (χ2v) is 7.55. The van der Waals surface area contributed by atoms with Crippen LogP contribution in [-0.2, 0) is 11.3 Å². The molecule has 6 nitrogen and oxygen atoms in total.